The molecule has 4 nitrogen and oxygen atoms in total. The van der Waals surface area contributed by atoms with Gasteiger partial charge in [-0.2, -0.15) is 4.98 Å². The van der Waals surface area contributed by atoms with E-state index in [1.165, 1.54) is 0 Å². The first-order chi connectivity index (χ1) is 14.8. The van der Waals surface area contributed by atoms with Crippen molar-refractivity contribution in [3.63, 3.8) is 0 Å². The molecule has 4 heteroatoms. The highest BCUT2D eigenvalue weighted by molar-refractivity contribution is 6.10. The fraction of sp³-hybridized carbons (Fsp3) is 0.0385. The number of fused-ring (bicyclic) bond motifs is 8. The largest absolute Gasteiger partial charge is 0.455 e. The van der Waals surface area contributed by atoms with Crippen molar-refractivity contribution in [1.29, 1.82) is 0 Å². The van der Waals surface area contributed by atoms with E-state index in [1.807, 2.05) is 18.2 Å². The standard InChI is InChI=1S/C26H16N2O2/c1-15-6-4-8-18-19-9-5-7-17(25(19)30-24(15)18)16-12-13-20-22(14-16)28-21-10-2-3-11-23(21)29-26(28)27-20/h2-14H,1H3. The highest BCUT2D eigenvalue weighted by Crippen LogP contribution is 2.38. The number of aromatic nitrogens is 2. The summed E-state index contributed by atoms with van der Waals surface area (Å²) in [6, 6.07) is 27.0. The third kappa shape index (κ3) is 1.97. The predicted octanol–water partition coefficient (Wildman–Crippen LogP) is 7.11. The normalized spacial score (nSPS) is 12.2. The van der Waals surface area contributed by atoms with Crippen LogP contribution < -0.4 is 0 Å². The van der Waals surface area contributed by atoms with Crippen LogP contribution in [-0.2, 0) is 0 Å². The Bertz CT molecular complexity index is 1760. The molecule has 0 aliphatic heterocycles. The molecule has 0 aliphatic carbocycles. The average molecular weight is 388 g/mol. The molecule has 4 aromatic carbocycles. The second kappa shape index (κ2) is 5.51. The van der Waals surface area contributed by atoms with Crippen LogP contribution in [0, 0.1) is 6.92 Å². The number of benzene rings is 4. The van der Waals surface area contributed by atoms with Gasteiger partial charge in [0.1, 0.15) is 11.2 Å². The van der Waals surface area contributed by atoms with Crippen LogP contribution >= 0.6 is 0 Å². The molecule has 142 valence electrons. The van der Waals surface area contributed by atoms with Crippen molar-refractivity contribution >= 4 is 49.9 Å². The van der Waals surface area contributed by atoms with Crippen LogP contribution in [0.15, 0.2) is 87.7 Å². The number of furan rings is 1. The number of rotatable bonds is 1. The van der Waals surface area contributed by atoms with Gasteiger partial charge in [-0.1, -0.05) is 54.6 Å². The summed E-state index contributed by atoms with van der Waals surface area (Å²) in [5.41, 5.74) is 8.98. The Hall–Kier alpha value is -4.05. The number of oxazole rings is 1. The molecule has 0 fully saturated rings. The lowest BCUT2D eigenvalue weighted by Gasteiger charge is -2.03. The van der Waals surface area contributed by atoms with Crippen molar-refractivity contribution in [1.82, 2.24) is 9.38 Å². The van der Waals surface area contributed by atoms with Gasteiger partial charge in [-0.15, -0.1) is 0 Å². The summed E-state index contributed by atoms with van der Waals surface area (Å²) in [5.74, 6) is 0.612. The molecule has 0 N–H and O–H groups in total. The highest BCUT2D eigenvalue weighted by Gasteiger charge is 2.16. The zero-order valence-electron chi connectivity index (χ0n) is 16.2. The summed E-state index contributed by atoms with van der Waals surface area (Å²) >= 11 is 0. The number of hydrogen-bond donors (Lipinski definition) is 0. The van der Waals surface area contributed by atoms with Gasteiger partial charge in [-0.3, -0.25) is 4.40 Å². The van der Waals surface area contributed by atoms with Gasteiger partial charge in [-0.25, -0.2) is 0 Å². The Morgan fingerprint density at radius 2 is 1.57 bits per heavy atom. The van der Waals surface area contributed by atoms with Gasteiger partial charge in [0.25, 0.3) is 0 Å². The highest BCUT2D eigenvalue weighted by atomic mass is 16.4. The molecule has 3 aromatic heterocycles. The molecular formula is C26H16N2O2. The van der Waals surface area contributed by atoms with Crippen molar-refractivity contribution in [3.05, 3.63) is 84.4 Å². The number of aryl methyl sites for hydroxylation is 1. The summed E-state index contributed by atoms with van der Waals surface area (Å²) in [7, 11) is 0. The van der Waals surface area contributed by atoms with Crippen LogP contribution in [0.25, 0.3) is 61.0 Å². The van der Waals surface area contributed by atoms with Crippen LogP contribution in [0.4, 0.5) is 0 Å². The minimum absolute atomic E-state index is 0.612. The Kier molecular flexibility index (Phi) is 2.91. The van der Waals surface area contributed by atoms with Gasteiger partial charge >= 0.3 is 5.84 Å². The van der Waals surface area contributed by atoms with E-state index in [1.54, 1.807) is 0 Å². The van der Waals surface area contributed by atoms with Gasteiger partial charge < -0.3 is 8.83 Å². The van der Waals surface area contributed by atoms with E-state index >= 15 is 0 Å². The Morgan fingerprint density at radius 3 is 2.50 bits per heavy atom. The van der Waals surface area contributed by atoms with E-state index in [0.717, 1.165) is 60.8 Å². The van der Waals surface area contributed by atoms with E-state index in [2.05, 4.69) is 77.0 Å². The van der Waals surface area contributed by atoms with Crippen molar-refractivity contribution < 1.29 is 8.83 Å². The minimum Gasteiger partial charge on any atom is -0.455 e. The summed E-state index contributed by atoms with van der Waals surface area (Å²) < 4.78 is 14.4. The topological polar surface area (TPSA) is 43.6 Å². The second-order valence-corrected chi connectivity index (χ2v) is 7.74. The van der Waals surface area contributed by atoms with Crippen LogP contribution in [0.3, 0.4) is 0 Å². The lowest BCUT2D eigenvalue weighted by molar-refractivity contribution is 0.643. The van der Waals surface area contributed by atoms with E-state index in [0.29, 0.717) is 5.84 Å². The van der Waals surface area contributed by atoms with Crippen molar-refractivity contribution in [2.24, 2.45) is 0 Å². The van der Waals surface area contributed by atoms with E-state index in [-0.39, 0.29) is 0 Å². The molecular weight excluding hydrogens is 372 g/mol. The molecule has 0 saturated carbocycles. The average Bonchev–Trinajstić information content (AvgIpc) is 3.43. The fourth-order valence-corrected chi connectivity index (χ4v) is 4.54. The number of imidazole rings is 1. The molecule has 0 spiro atoms. The Morgan fingerprint density at radius 1 is 0.733 bits per heavy atom. The maximum absolute atomic E-state index is 6.36. The minimum atomic E-state index is 0.612. The van der Waals surface area contributed by atoms with E-state index < -0.39 is 0 Å². The van der Waals surface area contributed by atoms with E-state index in [9.17, 15) is 0 Å². The quantitative estimate of drug-likeness (QED) is 0.301. The first-order valence-corrected chi connectivity index (χ1v) is 9.99. The molecule has 0 amide bonds. The first-order valence-electron chi connectivity index (χ1n) is 9.99. The molecule has 7 aromatic rings. The van der Waals surface area contributed by atoms with Crippen molar-refractivity contribution in [3.8, 4) is 11.1 Å². The molecule has 3 heterocycles. The summed E-state index contributed by atoms with van der Waals surface area (Å²) in [4.78, 5) is 4.67. The molecule has 30 heavy (non-hydrogen) atoms. The van der Waals surface area contributed by atoms with Gasteiger partial charge in [-0.05, 0) is 42.3 Å². The second-order valence-electron chi connectivity index (χ2n) is 7.74. The predicted molar refractivity (Wildman–Crippen MR) is 120 cm³/mol. The molecule has 7 rings (SSSR count). The van der Waals surface area contributed by atoms with Crippen molar-refractivity contribution in [2.45, 2.75) is 6.92 Å². The van der Waals surface area contributed by atoms with E-state index in [4.69, 9.17) is 8.83 Å². The van der Waals surface area contributed by atoms with Crippen LogP contribution in [0.2, 0.25) is 0 Å². The smallest absolute Gasteiger partial charge is 0.307 e. The van der Waals surface area contributed by atoms with Gasteiger partial charge in [0.2, 0.25) is 0 Å². The molecule has 0 aliphatic rings. The lowest BCUT2D eigenvalue weighted by Crippen LogP contribution is -1.83. The van der Waals surface area contributed by atoms with Gasteiger partial charge in [0.05, 0.1) is 16.6 Å². The fourth-order valence-electron chi connectivity index (χ4n) is 4.54. The van der Waals surface area contributed by atoms with Crippen molar-refractivity contribution in [2.75, 3.05) is 0 Å². The number of nitrogens with zero attached hydrogens (tertiary/aromatic N) is 2. The van der Waals surface area contributed by atoms with Gasteiger partial charge in [0, 0.05) is 16.3 Å². The first kappa shape index (κ1) is 15.8. The SMILES string of the molecule is Cc1cccc2c1oc1c(-c3ccc4nc5oc6ccccc6n5c4c3)cccc12. The third-order valence-electron chi connectivity index (χ3n) is 5.96. The van der Waals surface area contributed by atoms with Gasteiger partial charge in [0.15, 0.2) is 5.58 Å². The Labute approximate surface area is 171 Å². The van der Waals surface area contributed by atoms with Crippen LogP contribution in [-0.4, -0.2) is 9.38 Å². The van der Waals surface area contributed by atoms with Crippen LogP contribution in [0.1, 0.15) is 5.56 Å². The molecule has 0 atom stereocenters. The maximum atomic E-state index is 6.36. The zero-order valence-corrected chi connectivity index (χ0v) is 16.2. The van der Waals surface area contributed by atoms with Crippen LogP contribution in [0.5, 0.6) is 0 Å². The lowest BCUT2D eigenvalue weighted by atomic mass is 10.0. The Balaban J connectivity index is 1.56. The molecule has 0 radical (unpaired) electrons. The monoisotopic (exact) mass is 388 g/mol. The molecule has 0 bridgehead atoms. The third-order valence-corrected chi connectivity index (χ3v) is 5.96. The number of para-hydroxylation sites is 4. The number of hydrogen-bond acceptors (Lipinski definition) is 3. The summed E-state index contributed by atoms with van der Waals surface area (Å²) in [6.07, 6.45) is 0. The molecule has 0 saturated heterocycles. The molecule has 0 unspecified atom stereocenters. The summed E-state index contributed by atoms with van der Waals surface area (Å²) in [5, 5.41) is 2.29. The summed E-state index contributed by atoms with van der Waals surface area (Å²) in [6.45, 7) is 2.09. The zero-order chi connectivity index (χ0) is 19.8. The maximum Gasteiger partial charge on any atom is 0.307 e.